The summed E-state index contributed by atoms with van der Waals surface area (Å²) in [5.74, 6) is -0.220. The fourth-order valence-corrected chi connectivity index (χ4v) is 2.53. The molecule has 0 saturated carbocycles. The SMILES string of the molecule is CCC1NC(=O)NC1=O.CCOC1C=CC(c2ccccc2)=CC1. The van der Waals surface area contributed by atoms with Gasteiger partial charge in [-0.2, -0.15) is 0 Å². The highest BCUT2D eigenvalue weighted by molar-refractivity contribution is 6.04. The van der Waals surface area contributed by atoms with Crippen LogP contribution < -0.4 is 10.6 Å². The van der Waals surface area contributed by atoms with Gasteiger partial charge in [-0.25, -0.2) is 4.79 Å². The zero-order chi connectivity index (χ0) is 17.4. The zero-order valence-corrected chi connectivity index (χ0v) is 14.1. The van der Waals surface area contributed by atoms with Crippen LogP contribution in [0.3, 0.4) is 0 Å². The molecule has 0 aromatic heterocycles. The van der Waals surface area contributed by atoms with Crippen molar-refractivity contribution in [2.45, 2.75) is 38.8 Å². The third kappa shape index (κ3) is 5.06. The van der Waals surface area contributed by atoms with Crippen molar-refractivity contribution in [3.8, 4) is 0 Å². The van der Waals surface area contributed by atoms with Crippen LogP contribution >= 0.6 is 0 Å². The van der Waals surface area contributed by atoms with E-state index in [0.717, 1.165) is 13.0 Å². The normalized spacial score (nSPS) is 22.2. The van der Waals surface area contributed by atoms with Crippen LogP contribution in [0.5, 0.6) is 0 Å². The number of imide groups is 1. The van der Waals surface area contributed by atoms with E-state index in [1.54, 1.807) is 0 Å². The fourth-order valence-electron chi connectivity index (χ4n) is 2.53. The van der Waals surface area contributed by atoms with Crippen LogP contribution in [-0.4, -0.2) is 30.7 Å². The molecule has 0 spiro atoms. The average molecular weight is 328 g/mol. The average Bonchev–Trinajstić information content (AvgIpc) is 2.95. The Morgan fingerprint density at radius 3 is 2.38 bits per heavy atom. The topological polar surface area (TPSA) is 67.4 Å². The summed E-state index contributed by atoms with van der Waals surface area (Å²) in [5, 5.41) is 4.58. The lowest BCUT2D eigenvalue weighted by Gasteiger charge is -2.16. The van der Waals surface area contributed by atoms with E-state index in [0.29, 0.717) is 6.42 Å². The summed E-state index contributed by atoms with van der Waals surface area (Å²) < 4.78 is 5.54. The van der Waals surface area contributed by atoms with Crippen molar-refractivity contribution in [3.63, 3.8) is 0 Å². The van der Waals surface area contributed by atoms with Crippen molar-refractivity contribution in [2.24, 2.45) is 0 Å². The Morgan fingerprint density at radius 1 is 1.17 bits per heavy atom. The van der Waals surface area contributed by atoms with Crippen LogP contribution in [-0.2, 0) is 9.53 Å². The third-order valence-electron chi connectivity index (χ3n) is 3.82. The Balaban J connectivity index is 0.000000198. The molecule has 2 N–H and O–H groups in total. The van der Waals surface area contributed by atoms with Crippen molar-refractivity contribution >= 4 is 17.5 Å². The van der Waals surface area contributed by atoms with Crippen LogP contribution in [0.2, 0.25) is 0 Å². The molecule has 2 unspecified atom stereocenters. The molecule has 2 atom stereocenters. The first-order chi connectivity index (χ1) is 11.6. The molecule has 24 heavy (non-hydrogen) atoms. The highest BCUT2D eigenvalue weighted by Gasteiger charge is 2.26. The van der Waals surface area contributed by atoms with E-state index in [1.165, 1.54) is 11.1 Å². The first kappa shape index (κ1) is 17.9. The van der Waals surface area contributed by atoms with E-state index >= 15 is 0 Å². The number of nitrogens with one attached hydrogen (secondary N) is 2. The third-order valence-corrected chi connectivity index (χ3v) is 3.82. The van der Waals surface area contributed by atoms with Crippen LogP contribution in [0.15, 0.2) is 48.6 Å². The summed E-state index contributed by atoms with van der Waals surface area (Å²) in [6.45, 7) is 4.66. The van der Waals surface area contributed by atoms with Crippen LogP contribution in [0.1, 0.15) is 32.3 Å². The number of benzene rings is 1. The highest BCUT2D eigenvalue weighted by atomic mass is 16.5. The van der Waals surface area contributed by atoms with Gasteiger partial charge >= 0.3 is 6.03 Å². The van der Waals surface area contributed by atoms with Gasteiger partial charge in [0, 0.05) is 6.61 Å². The minimum atomic E-state index is -0.383. The molecule has 2 aliphatic rings. The lowest BCUT2D eigenvalue weighted by atomic mass is 9.98. The lowest BCUT2D eigenvalue weighted by Crippen LogP contribution is -2.27. The molecular weight excluding hydrogens is 304 g/mol. The highest BCUT2D eigenvalue weighted by Crippen LogP contribution is 2.22. The van der Waals surface area contributed by atoms with E-state index in [1.807, 2.05) is 19.9 Å². The molecule has 128 valence electrons. The van der Waals surface area contributed by atoms with Crippen LogP contribution in [0.4, 0.5) is 4.79 Å². The number of amides is 3. The molecular formula is C19H24N2O3. The number of hydrogen-bond donors (Lipinski definition) is 2. The number of allylic oxidation sites excluding steroid dienone is 2. The lowest BCUT2D eigenvalue weighted by molar-refractivity contribution is -0.120. The first-order valence-electron chi connectivity index (χ1n) is 8.30. The number of carbonyl (C=O) groups is 2. The molecule has 0 bridgehead atoms. The van der Waals surface area contributed by atoms with Gasteiger partial charge in [0.15, 0.2) is 0 Å². The smallest absolute Gasteiger partial charge is 0.322 e. The van der Waals surface area contributed by atoms with Gasteiger partial charge in [0.05, 0.1) is 6.10 Å². The van der Waals surface area contributed by atoms with Gasteiger partial charge in [-0.3, -0.25) is 10.1 Å². The van der Waals surface area contributed by atoms with E-state index in [-0.39, 0.29) is 24.1 Å². The van der Waals surface area contributed by atoms with Crippen molar-refractivity contribution in [2.75, 3.05) is 6.61 Å². The Morgan fingerprint density at radius 2 is 1.92 bits per heavy atom. The van der Waals surface area contributed by atoms with E-state index in [4.69, 9.17) is 4.74 Å². The minimum absolute atomic E-state index is 0.220. The maximum atomic E-state index is 10.6. The van der Waals surface area contributed by atoms with E-state index in [2.05, 4.69) is 53.1 Å². The summed E-state index contributed by atoms with van der Waals surface area (Å²) in [7, 11) is 0. The summed E-state index contributed by atoms with van der Waals surface area (Å²) in [6, 6.07) is 9.76. The molecule has 1 aliphatic carbocycles. The quantitative estimate of drug-likeness (QED) is 0.835. The Labute approximate surface area is 142 Å². The van der Waals surface area contributed by atoms with Gasteiger partial charge in [0.25, 0.3) is 5.91 Å². The molecule has 3 rings (SSSR count). The fraction of sp³-hybridized carbons (Fsp3) is 0.368. The predicted molar refractivity (Wildman–Crippen MR) is 94.3 cm³/mol. The second-order valence-corrected chi connectivity index (χ2v) is 5.54. The molecule has 0 radical (unpaired) electrons. The van der Waals surface area contributed by atoms with Gasteiger partial charge in [0.2, 0.25) is 0 Å². The maximum Gasteiger partial charge on any atom is 0.322 e. The van der Waals surface area contributed by atoms with Gasteiger partial charge in [0.1, 0.15) is 6.04 Å². The number of ether oxygens (including phenoxy) is 1. The molecule has 5 nitrogen and oxygen atoms in total. The van der Waals surface area contributed by atoms with Crippen molar-refractivity contribution in [1.29, 1.82) is 0 Å². The van der Waals surface area contributed by atoms with E-state index < -0.39 is 0 Å². The second-order valence-electron chi connectivity index (χ2n) is 5.54. The Bertz CT molecular complexity index is 623. The van der Waals surface area contributed by atoms with Gasteiger partial charge < -0.3 is 10.1 Å². The summed E-state index contributed by atoms with van der Waals surface area (Å²) in [5.41, 5.74) is 2.58. The number of carbonyl (C=O) groups excluding carboxylic acids is 2. The summed E-state index contributed by atoms with van der Waals surface area (Å²) in [4.78, 5) is 21.0. The predicted octanol–water partition coefficient (Wildman–Crippen LogP) is 3.04. The first-order valence-corrected chi connectivity index (χ1v) is 8.30. The number of hydrogen-bond acceptors (Lipinski definition) is 3. The summed E-state index contributed by atoms with van der Waals surface area (Å²) >= 11 is 0. The Kier molecular flexibility index (Phi) is 6.75. The van der Waals surface area contributed by atoms with Gasteiger partial charge in [-0.1, -0.05) is 55.5 Å². The maximum absolute atomic E-state index is 10.6. The standard InChI is InChI=1S/C14H16O.C5H8N2O2/c1-2-15-14-10-8-13(9-11-14)12-6-4-3-5-7-12;1-2-3-4(8)7-5(9)6-3/h3-10,14H,2,11H2,1H3;3H,2H2,1H3,(H2,6,7,8,9). The van der Waals surface area contributed by atoms with E-state index in [9.17, 15) is 9.59 Å². The minimum Gasteiger partial charge on any atom is -0.374 e. The van der Waals surface area contributed by atoms with Crippen LogP contribution in [0.25, 0.3) is 5.57 Å². The molecule has 3 amide bonds. The van der Waals surface area contributed by atoms with Crippen molar-refractivity contribution in [1.82, 2.24) is 10.6 Å². The van der Waals surface area contributed by atoms with Gasteiger partial charge in [-0.05, 0) is 30.9 Å². The second kappa shape index (κ2) is 9.03. The molecule has 5 heteroatoms. The molecule has 1 aromatic rings. The number of rotatable bonds is 4. The molecule has 1 heterocycles. The monoisotopic (exact) mass is 328 g/mol. The van der Waals surface area contributed by atoms with Gasteiger partial charge in [-0.15, -0.1) is 0 Å². The molecule has 1 aromatic carbocycles. The molecule has 1 saturated heterocycles. The number of urea groups is 1. The van der Waals surface area contributed by atoms with Crippen molar-refractivity contribution in [3.05, 3.63) is 54.1 Å². The Hall–Kier alpha value is -2.40. The zero-order valence-electron chi connectivity index (χ0n) is 14.1. The largest absolute Gasteiger partial charge is 0.374 e. The van der Waals surface area contributed by atoms with Crippen LogP contribution in [0, 0.1) is 0 Å². The summed E-state index contributed by atoms with van der Waals surface area (Å²) in [6.07, 6.45) is 8.44. The molecule has 1 aliphatic heterocycles. The van der Waals surface area contributed by atoms with Crippen molar-refractivity contribution < 1.29 is 14.3 Å². The molecule has 1 fully saturated rings.